The number of carbonyl (C=O) groups is 1. The van der Waals surface area contributed by atoms with E-state index in [1.54, 1.807) is 13.8 Å². The van der Waals surface area contributed by atoms with E-state index in [2.05, 4.69) is 15.3 Å². The zero-order valence-electron chi connectivity index (χ0n) is 15.4. The van der Waals surface area contributed by atoms with Gasteiger partial charge in [-0.1, -0.05) is 25.1 Å². The number of benzene rings is 1. The number of amides is 1. The quantitative estimate of drug-likeness (QED) is 0.552. The third-order valence-electron chi connectivity index (χ3n) is 4.20. The fourth-order valence-electron chi connectivity index (χ4n) is 2.85. The maximum Gasteiger partial charge on any atom is 0.291 e. The van der Waals surface area contributed by atoms with E-state index in [4.69, 9.17) is 0 Å². The van der Waals surface area contributed by atoms with Crippen molar-refractivity contribution in [2.75, 3.05) is 5.32 Å². The molecule has 0 radical (unpaired) electrons. The Morgan fingerprint density at radius 1 is 1.19 bits per heavy atom. The minimum atomic E-state index is -2.55. The van der Waals surface area contributed by atoms with Gasteiger partial charge in [0.1, 0.15) is 0 Å². The second kappa shape index (κ2) is 9.07. The molecule has 0 aliphatic carbocycles. The number of halogens is 2. The predicted molar refractivity (Wildman–Crippen MR) is 101 cm³/mol. The van der Waals surface area contributed by atoms with Crippen molar-refractivity contribution in [3.05, 3.63) is 46.3 Å². The lowest BCUT2D eigenvalue weighted by molar-refractivity contribution is -0.116. The van der Waals surface area contributed by atoms with Gasteiger partial charge < -0.3 is 5.32 Å². The van der Waals surface area contributed by atoms with Crippen molar-refractivity contribution in [3.63, 3.8) is 0 Å². The molecule has 0 saturated carbocycles. The van der Waals surface area contributed by atoms with Gasteiger partial charge in [-0.15, -0.1) is 0 Å². The van der Waals surface area contributed by atoms with Crippen LogP contribution in [0.5, 0.6) is 0 Å². The molecule has 26 heavy (non-hydrogen) atoms. The summed E-state index contributed by atoms with van der Waals surface area (Å²) in [7, 11) is 0. The molecule has 4 nitrogen and oxygen atoms in total. The van der Waals surface area contributed by atoms with Crippen LogP contribution >= 0.6 is 11.8 Å². The number of alkyl halides is 2. The zero-order valence-corrected chi connectivity index (χ0v) is 16.2. The Bertz CT molecular complexity index is 773. The monoisotopic (exact) mass is 379 g/mol. The predicted octanol–water partition coefficient (Wildman–Crippen LogP) is 4.85. The topological polar surface area (TPSA) is 54.9 Å². The average Bonchev–Trinajstić information content (AvgIpc) is 2.55. The lowest BCUT2D eigenvalue weighted by atomic mass is 10.0. The molecule has 0 bridgehead atoms. The van der Waals surface area contributed by atoms with Gasteiger partial charge in [-0.2, -0.15) is 8.78 Å². The molecular weight excluding hydrogens is 356 g/mol. The molecule has 1 N–H and O–H groups in total. The molecule has 1 aromatic carbocycles. The third kappa shape index (κ3) is 5.24. The number of carbonyl (C=O) groups excluding carboxylic acids is 1. The van der Waals surface area contributed by atoms with E-state index < -0.39 is 5.76 Å². The number of nitrogens with one attached hydrogen (secondary N) is 1. The molecule has 2 rings (SSSR count). The van der Waals surface area contributed by atoms with Gasteiger partial charge in [0.25, 0.3) is 5.76 Å². The molecule has 140 valence electrons. The van der Waals surface area contributed by atoms with Gasteiger partial charge >= 0.3 is 0 Å². The van der Waals surface area contributed by atoms with Gasteiger partial charge in [0.2, 0.25) is 5.91 Å². The first-order valence-corrected chi connectivity index (χ1v) is 9.37. The number of hydrogen-bond acceptors (Lipinski definition) is 4. The van der Waals surface area contributed by atoms with Crippen molar-refractivity contribution >= 4 is 23.4 Å². The Labute approximate surface area is 156 Å². The largest absolute Gasteiger partial charge is 0.326 e. The summed E-state index contributed by atoms with van der Waals surface area (Å²) in [5, 5.41) is 3.06. The maximum atomic E-state index is 12.5. The van der Waals surface area contributed by atoms with Crippen LogP contribution in [0.4, 0.5) is 14.5 Å². The number of thioether (sulfide) groups is 1. The van der Waals surface area contributed by atoms with Crippen LogP contribution in [0, 0.1) is 20.8 Å². The van der Waals surface area contributed by atoms with E-state index in [0.29, 0.717) is 29.6 Å². The molecule has 0 aliphatic heterocycles. The van der Waals surface area contributed by atoms with Crippen LogP contribution < -0.4 is 5.32 Å². The molecule has 2 aromatic rings. The minimum absolute atomic E-state index is 0.0655. The lowest BCUT2D eigenvalue weighted by Crippen LogP contribution is -2.15. The highest BCUT2D eigenvalue weighted by Gasteiger charge is 2.15. The number of anilines is 1. The summed E-state index contributed by atoms with van der Waals surface area (Å²) in [5.74, 6) is -2.63. The SMILES string of the molecule is CCc1cccc(C)c1NC(=O)CCc1c(C)nc(SC(F)F)nc1C. The van der Waals surface area contributed by atoms with Crippen LogP contribution in [0.1, 0.15) is 41.4 Å². The molecule has 7 heteroatoms. The first-order valence-electron chi connectivity index (χ1n) is 8.49. The molecular formula is C19H23F2N3OS. The summed E-state index contributed by atoms with van der Waals surface area (Å²) in [6.45, 7) is 7.53. The van der Waals surface area contributed by atoms with Crippen molar-refractivity contribution < 1.29 is 13.6 Å². The van der Waals surface area contributed by atoms with E-state index in [9.17, 15) is 13.6 Å². The standard InChI is InChI=1S/C19H23F2N3OS/c1-5-14-8-6-7-11(2)17(14)24-16(25)10-9-15-12(3)22-19(23-13(15)4)26-18(20)21/h6-8,18H,5,9-10H2,1-4H3,(H,24,25). The molecule has 0 unspecified atom stereocenters. The highest BCUT2D eigenvalue weighted by atomic mass is 32.2. The van der Waals surface area contributed by atoms with E-state index in [1.165, 1.54) is 0 Å². The number of aryl methyl sites for hydroxylation is 4. The highest BCUT2D eigenvalue weighted by Crippen LogP contribution is 2.25. The van der Waals surface area contributed by atoms with Crippen molar-refractivity contribution in [1.29, 1.82) is 0 Å². The van der Waals surface area contributed by atoms with Crippen LogP contribution in [-0.4, -0.2) is 21.6 Å². The number of nitrogens with zero attached hydrogens (tertiary/aromatic N) is 2. The smallest absolute Gasteiger partial charge is 0.291 e. The molecule has 0 saturated heterocycles. The van der Waals surface area contributed by atoms with Crippen LogP contribution in [0.2, 0.25) is 0 Å². The molecule has 1 amide bonds. The Morgan fingerprint density at radius 3 is 2.42 bits per heavy atom. The van der Waals surface area contributed by atoms with E-state index in [-0.39, 0.29) is 17.5 Å². The van der Waals surface area contributed by atoms with Gasteiger partial charge in [0.05, 0.1) is 0 Å². The number of rotatable bonds is 7. The van der Waals surface area contributed by atoms with Gasteiger partial charge in [0, 0.05) is 23.5 Å². The Balaban J connectivity index is 2.06. The van der Waals surface area contributed by atoms with Crippen molar-refractivity contribution in [2.45, 2.75) is 57.9 Å². The molecule has 1 aromatic heterocycles. The summed E-state index contributed by atoms with van der Waals surface area (Å²) in [5.41, 5.74) is 5.11. The van der Waals surface area contributed by atoms with E-state index >= 15 is 0 Å². The molecule has 0 spiro atoms. The lowest BCUT2D eigenvalue weighted by Gasteiger charge is -2.14. The fraction of sp³-hybridized carbons (Fsp3) is 0.421. The third-order valence-corrected chi connectivity index (χ3v) is 4.77. The van der Waals surface area contributed by atoms with Crippen molar-refractivity contribution in [2.24, 2.45) is 0 Å². The Hall–Kier alpha value is -2.02. The first kappa shape index (κ1) is 20.3. The molecule has 1 heterocycles. The summed E-state index contributed by atoms with van der Waals surface area (Å²) < 4.78 is 24.9. The van der Waals surface area contributed by atoms with Crippen LogP contribution in [0.3, 0.4) is 0 Å². The number of aromatic nitrogens is 2. The van der Waals surface area contributed by atoms with Gasteiger partial charge in [-0.3, -0.25) is 4.79 Å². The van der Waals surface area contributed by atoms with E-state index in [0.717, 1.165) is 28.8 Å². The fourth-order valence-corrected chi connectivity index (χ4v) is 3.38. The van der Waals surface area contributed by atoms with Crippen molar-refractivity contribution in [1.82, 2.24) is 9.97 Å². The minimum Gasteiger partial charge on any atom is -0.326 e. The van der Waals surface area contributed by atoms with Crippen molar-refractivity contribution in [3.8, 4) is 0 Å². The maximum absolute atomic E-state index is 12.5. The average molecular weight is 379 g/mol. The van der Waals surface area contributed by atoms with E-state index in [1.807, 2.05) is 32.0 Å². The second-order valence-electron chi connectivity index (χ2n) is 6.04. The number of hydrogen-bond donors (Lipinski definition) is 1. The first-order chi connectivity index (χ1) is 12.3. The Kier molecular flexibility index (Phi) is 7.08. The highest BCUT2D eigenvalue weighted by molar-refractivity contribution is 7.99. The van der Waals surface area contributed by atoms with Crippen LogP contribution in [0.15, 0.2) is 23.4 Å². The second-order valence-corrected chi connectivity index (χ2v) is 7.00. The summed E-state index contributed by atoms with van der Waals surface area (Å²) in [4.78, 5) is 20.6. The normalized spacial score (nSPS) is 11.0. The van der Waals surface area contributed by atoms with Crippen LogP contribution in [0.25, 0.3) is 0 Å². The molecule has 0 fully saturated rings. The van der Waals surface area contributed by atoms with Gasteiger partial charge in [-0.25, -0.2) is 9.97 Å². The molecule has 0 atom stereocenters. The van der Waals surface area contributed by atoms with Gasteiger partial charge in [-0.05, 0) is 62.1 Å². The van der Waals surface area contributed by atoms with Crippen LogP contribution in [-0.2, 0) is 17.6 Å². The summed E-state index contributed by atoms with van der Waals surface area (Å²) >= 11 is 0.332. The summed E-state index contributed by atoms with van der Waals surface area (Å²) in [6.07, 6.45) is 1.59. The number of para-hydroxylation sites is 1. The van der Waals surface area contributed by atoms with Gasteiger partial charge in [0.15, 0.2) is 5.16 Å². The summed E-state index contributed by atoms with van der Waals surface area (Å²) in [6, 6.07) is 5.95. The zero-order chi connectivity index (χ0) is 19.3. The Morgan fingerprint density at radius 2 is 1.85 bits per heavy atom. The molecule has 0 aliphatic rings.